The molecule has 0 aliphatic carbocycles. The average Bonchev–Trinajstić information content (AvgIpc) is 3.96. The predicted molar refractivity (Wildman–Crippen MR) is 254 cm³/mol. The van der Waals surface area contributed by atoms with Crippen LogP contribution >= 0.6 is 11.3 Å². The van der Waals surface area contributed by atoms with Crippen molar-refractivity contribution in [3.63, 3.8) is 0 Å². The highest BCUT2D eigenvalue weighted by atomic mass is 32.1. The zero-order valence-corrected chi connectivity index (χ0v) is 38.9. The van der Waals surface area contributed by atoms with Gasteiger partial charge < -0.3 is 35.4 Å². The van der Waals surface area contributed by atoms with Crippen LogP contribution in [-0.4, -0.2) is 151 Å². The van der Waals surface area contributed by atoms with Crippen LogP contribution in [0.2, 0.25) is 0 Å². The number of piperidine rings is 2. The lowest BCUT2D eigenvalue weighted by Gasteiger charge is -2.43. The van der Waals surface area contributed by atoms with Crippen LogP contribution in [0.15, 0.2) is 48.8 Å². The number of hydrogen-bond acceptors (Lipinski definition) is 15. The van der Waals surface area contributed by atoms with E-state index in [1.165, 1.54) is 16.5 Å². The SMILES string of the molecule is CC(C)c1cc(C(=O)N2Cc3ccc(CN4CCC(N5CCN(C(=O)C6CCN(Cc7cc8nc(-c9cnc(N)nc9)nc(N9CCOCC9)c8s7)CC6)CC5)CC4)cc3C2)c(O)cc1O. The van der Waals surface area contributed by atoms with E-state index in [-0.39, 0.29) is 40.8 Å². The number of phenols is 2. The number of benzene rings is 2. The molecule has 4 N–H and O–H groups in total. The van der Waals surface area contributed by atoms with Crippen LogP contribution in [0, 0.1) is 5.92 Å². The molecule has 3 aromatic heterocycles. The van der Waals surface area contributed by atoms with Gasteiger partial charge in [-0.15, -0.1) is 11.3 Å². The largest absolute Gasteiger partial charge is 0.508 e. The number of amides is 2. The third kappa shape index (κ3) is 9.41. The van der Waals surface area contributed by atoms with Crippen LogP contribution < -0.4 is 10.6 Å². The molecule has 2 aromatic carbocycles. The minimum absolute atomic E-state index is 0.00904. The fourth-order valence-electron chi connectivity index (χ4n) is 10.5. The molecular weight excluding hydrogens is 855 g/mol. The second-order valence-corrected chi connectivity index (χ2v) is 20.1. The quantitative estimate of drug-likeness (QED) is 0.165. The first-order valence-corrected chi connectivity index (χ1v) is 24.5. The Bertz CT molecular complexity index is 2560. The number of nitrogens with zero attached hydrogens (tertiary/aromatic N) is 10. The Balaban J connectivity index is 0.672. The molecule has 348 valence electrons. The van der Waals surface area contributed by atoms with E-state index in [0.717, 1.165) is 137 Å². The van der Waals surface area contributed by atoms with Crippen molar-refractivity contribution in [2.45, 2.75) is 77.7 Å². The summed E-state index contributed by atoms with van der Waals surface area (Å²) < 4.78 is 6.73. The van der Waals surface area contributed by atoms with E-state index in [1.807, 2.05) is 13.8 Å². The minimum Gasteiger partial charge on any atom is -0.508 e. The number of ether oxygens (including phenoxy) is 1. The van der Waals surface area contributed by atoms with Gasteiger partial charge in [0.1, 0.15) is 11.5 Å². The van der Waals surface area contributed by atoms with Crippen LogP contribution in [-0.2, 0) is 35.7 Å². The number of phenolic OH excluding ortho intramolecular Hbond substituents is 2. The highest BCUT2D eigenvalue weighted by molar-refractivity contribution is 7.19. The number of likely N-dealkylation sites (tertiary alicyclic amines) is 2. The lowest BCUT2D eigenvalue weighted by molar-refractivity contribution is -0.139. The Labute approximate surface area is 390 Å². The monoisotopic (exact) mass is 915 g/mol. The van der Waals surface area contributed by atoms with Gasteiger partial charge >= 0.3 is 0 Å². The molecule has 5 aromatic rings. The summed E-state index contributed by atoms with van der Waals surface area (Å²) in [6.45, 7) is 16.8. The van der Waals surface area contributed by atoms with Crippen molar-refractivity contribution in [1.82, 2.24) is 44.4 Å². The fourth-order valence-corrected chi connectivity index (χ4v) is 11.7. The van der Waals surface area contributed by atoms with Crippen LogP contribution in [0.3, 0.4) is 0 Å². The number of thiophene rings is 1. The molecule has 0 radical (unpaired) electrons. The zero-order valence-electron chi connectivity index (χ0n) is 38.1. The smallest absolute Gasteiger partial charge is 0.258 e. The van der Waals surface area contributed by atoms with Gasteiger partial charge in [0, 0.05) is 101 Å². The second kappa shape index (κ2) is 19.0. The standard InChI is InChI=1S/C49H61N11O5S/c1-31(2)39-23-40(43(62)24-42(39)61)48(64)60-28-34-4-3-32(21-35(34)29-60)27-55-11-7-37(8-12-55)57-13-15-59(16-14-57)47(63)33-5-9-56(10-6-33)30-38-22-41-44(66-38)46(58-17-19-65-20-18-58)54-45(53-41)36-25-51-49(50)52-26-36/h3-4,21-26,31,33,37,61-62H,5-20,27-30H2,1-2H3,(H2,50,51,52). The number of fused-ring (bicyclic) bond motifs is 2. The first-order chi connectivity index (χ1) is 32.0. The van der Waals surface area contributed by atoms with Crippen molar-refractivity contribution in [3.05, 3.63) is 81.5 Å². The summed E-state index contributed by atoms with van der Waals surface area (Å²) in [4.78, 5) is 60.7. The summed E-state index contributed by atoms with van der Waals surface area (Å²) >= 11 is 1.76. The van der Waals surface area contributed by atoms with Gasteiger partial charge in [0.15, 0.2) is 11.6 Å². The van der Waals surface area contributed by atoms with Crippen LogP contribution in [0.4, 0.5) is 11.8 Å². The Kier molecular flexibility index (Phi) is 12.8. The van der Waals surface area contributed by atoms with Gasteiger partial charge in [0.05, 0.1) is 34.6 Å². The van der Waals surface area contributed by atoms with E-state index < -0.39 is 0 Å². The first-order valence-electron chi connectivity index (χ1n) is 23.7. The Hall–Kier alpha value is -5.46. The highest BCUT2D eigenvalue weighted by Crippen LogP contribution is 2.37. The summed E-state index contributed by atoms with van der Waals surface area (Å²) in [6.07, 6.45) is 7.35. The van der Waals surface area contributed by atoms with E-state index in [4.69, 9.17) is 20.4 Å². The van der Waals surface area contributed by atoms with E-state index in [0.29, 0.717) is 49.6 Å². The Morgan fingerprint density at radius 2 is 1.48 bits per heavy atom. The highest BCUT2D eigenvalue weighted by Gasteiger charge is 2.34. The molecule has 2 amide bonds. The maximum absolute atomic E-state index is 13.8. The zero-order chi connectivity index (χ0) is 45.5. The number of rotatable bonds is 10. The average molecular weight is 916 g/mol. The lowest BCUT2D eigenvalue weighted by atomic mass is 9.94. The van der Waals surface area contributed by atoms with Crippen molar-refractivity contribution < 1.29 is 24.5 Å². The minimum atomic E-state index is -0.224. The van der Waals surface area contributed by atoms with Crippen molar-refractivity contribution in [2.24, 2.45) is 5.92 Å². The van der Waals surface area contributed by atoms with Crippen molar-refractivity contribution >= 4 is 45.1 Å². The van der Waals surface area contributed by atoms with Gasteiger partial charge in [0.25, 0.3) is 5.91 Å². The number of hydrogen-bond donors (Lipinski definition) is 3. The van der Waals surface area contributed by atoms with Crippen LogP contribution in [0.25, 0.3) is 21.6 Å². The summed E-state index contributed by atoms with van der Waals surface area (Å²) in [5.74, 6) is 1.76. The van der Waals surface area contributed by atoms with Crippen LogP contribution in [0.5, 0.6) is 11.5 Å². The van der Waals surface area contributed by atoms with Crippen molar-refractivity contribution in [2.75, 3.05) is 89.3 Å². The number of carbonyl (C=O) groups excluding carboxylic acids is 2. The summed E-state index contributed by atoms with van der Waals surface area (Å²) in [7, 11) is 0. The number of nitrogen functional groups attached to an aromatic ring is 1. The molecule has 5 aliphatic rings. The third-order valence-corrected chi connectivity index (χ3v) is 15.4. The molecule has 0 saturated carbocycles. The van der Waals surface area contributed by atoms with Crippen molar-refractivity contribution in [1.29, 1.82) is 0 Å². The molecule has 4 fully saturated rings. The van der Waals surface area contributed by atoms with E-state index >= 15 is 0 Å². The summed E-state index contributed by atoms with van der Waals surface area (Å²) in [5.41, 5.74) is 11.8. The molecule has 0 atom stereocenters. The molecule has 5 aliphatic heterocycles. The van der Waals surface area contributed by atoms with Gasteiger partial charge in [0.2, 0.25) is 11.9 Å². The number of nitrogens with two attached hydrogens (primary N) is 1. The lowest BCUT2D eigenvalue weighted by Crippen LogP contribution is -2.55. The molecule has 8 heterocycles. The van der Waals surface area contributed by atoms with Gasteiger partial charge in [-0.3, -0.25) is 24.3 Å². The summed E-state index contributed by atoms with van der Waals surface area (Å²) in [5, 5.41) is 20.8. The molecular formula is C49H61N11O5S. The van der Waals surface area contributed by atoms with Crippen LogP contribution in [0.1, 0.15) is 82.9 Å². The summed E-state index contributed by atoms with van der Waals surface area (Å²) in [6, 6.07) is 12.2. The predicted octanol–water partition coefficient (Wildman–Crippen LogP) is 5.28. The van der Waals surface area contributed by atoms with Gasteiger partial charge in [-0.1, -0.05) is 32.0 Å². The normalized spacial score (nSPS) is 19.6. The maximum Gasteiger partial charge on any atom is 0.258 e. The molecule has 0 unspecified atom stereocenters. The third-order valence-electron chi connectivity index (χ3n) is 14.3. The number of piperazine rings is 1. The molecule has 10 rings (SSSR count). The van der Waals surface area contributed by atoms with E-state index in [2.05, 4.69) is 58.7 Å². The fraction of sp³-hybridized carbons (Fsp3) is 0.510. The van der Waals surface area contributed by atoms with Crippen molar-refractivity contribution in [3.8, 4) is 22.9 Å². The maximum atomic E-state index is 13.8. The van der Waals surface area contributed by atoms with Gasteiger partial charge in [-0.2, -0.15) is 0 Å². The molecule has 0 bridgehead atoms. The van der Waals surface area contributed by atoms with E-state index in [9.17, 15) is 19.8 Å². The number of aromatic hydroxyl groups is 2. The Morgan fingerprint density at radius 3 is 2.21 bits per heavy atom. The number of anilines is 2. The topological polar surface area (TPSA) is 181 Å². The van der Waals surface area contributed by atoms with Gasteiger partial charge in [-0.25, -0.2) is 19.9 Å². The molecule has 4 saturated heterocycles. The molecule has 66 heavy (non-hydrogen) atoms. The number of carbonyl (C=O) groups is 2. The molecule has 0 spiro atoms. The first kappa shape index (κ1) is 44.4. The van der Waals surface area contributed by atoms with E-state index in [1.54, 1.807) is 34.7 Å². The van der Waals surface area contributed by atoms with Gasteiger partial charge in [-0.05, 0) is 92.2 Å². The Morgan fingerprint density at radius 1 is 0.788 bits per heavy atom. The number of aromatic nitrogens is 4. The molecule has 17 heteroatoms. The molecule has 16 nitrogen and oxygen atoms in total. The number of morpholine rings is 1. The second-order valence-electron chi connectivity index (χ2n) is 19.0.